The van der Waals surface area contributed by atoms with Crippen molar-refractivity contribution in [1.29, 1.82) is 0 Å². The average Bonchev–Trinajstić information content (AvgIpc) is 2.32. The van der Waals surface area contributed by atoms with Gasteiger partial charge in [0, 0.05) is 5.56 Å². The Kier molecular flexibility index (Phi) is 3.38. The monoisotopic (exact) mass is 234 g/mol. The Morgan fingerprint density at radius 1 is 0.941 bits per heavy atom. The zero-order chi connectivity index (χ0) is 12.3. The molecule has 1 nitrogen and oxygen atoms in total. The third-order valence-corrected chi connectivity index (χ3v) is 2.47. The van der Waals surface area contributed by atoms with Gasteiger partial charge < -0.3 is 4.74 Å². The van der Waals surface area contributed by atoms with Gasteiger partial charge in [-0.25, -0.2) is 8.78 Å². The largest absolute Gasteiger partial charge is 0.486 e. The first-order valence-corrected chi connectivity index (χ1v) is 5.33. The van der Waals surface area contributed by atoms with Crippen molar-refractivity contribution in [3.05, 3.63) is 65.7 Å². The molecule has 17 heavy (non-hydrogen) atoms. The van der Waals surface area contributed by atoms with Crippen molar-refractivity contribution >= 4 is 0 Å². The molecule has 0 heterocycles. The van der Waals surface area contributed by atoms with E-state index in [1.807, 2.05) is 0 Å². The molecule has 1 unspecified atom stereocenters. The van der Waals surface area contributed by atoms with Gasteiger partial charge in [0.05, 0.1) is 0 Å². The molecule has 0 aromatic heterocycles. The van der Waals surface area contributed by atoms with Gasteiger partial charge in [0.1, 0.15) is 23.5 Å². The van der Waals surface area contributed by atoms with Crippen LogP contribution in [-0.4, -0.2) is 0 Å². The topological polar surface area (TPSA) is 9.23 Å². The molecule has 0 aliphatic carbocycles. The van der Waals surface area contributed by atoms with Gasteiger partial charge in [0.25, 0.3) is 0 Å². The second-order valence-corrected chi connectivity index (χ2v) is 3.74. The van der Waals surface area contributed by atoms with Crippen LogP contribution in [0.15, 0.2) is 48.5 Å². The highest BCUT2D eigenvalue weighted by molar-refractivity contribution is 5.25. The summed E-state index contributed by atoms with van der Waals surface area (Å²) in [6.45, 7) is 1.75. The van der Waals surface area contributed by atoms with E-state index >= 15 is 0 Å². The lowest BCUT2D eigenvalue weighted by Crippen LogP contribution is -2.05. The zero-order valence-corrected chi connectivity index (χ0v) is 9.36. The van der Waals surface area contributed by atoms with Gasteiger partial charge in [-0.1, -0.05) is 18.2 Å². The summed E-state index contributed by atoms with van der Waals surface area (Å²) < 4.78 is 31.7. The Balaban J connectivity index is 2.14. The summed E-state index contributed by atoms with van der Waals surface area (Å²) in [4.78, 5) is 0. The van der Waals surface area contributed by atoms with Crippen LogP contribution in [0.5, 0.6) is 5.75 Å². The summed E-state index contributed by atoms with van der Waals surface area (Å²) in [7, 11) is 0. The van der Waals surface area contributed by atoms with Gasteiger partial charge in [0.2, 0.25) is 0 Å². The normalized spacial score (nSPS) is 12.2. The van der Waals surface area contributed by atoms with Crippen LogP contribution < -0.4 is 4.74 Å². The van der Waals surface area contributed by atoms with E-state index in [1.165, 1.54) is 30.3 Å². The summed E-state index contributed by atoms with van der Waals surface area (Å²) in [6.07, 6.45) is -0.415. The average molecular weight is 234 g/mol. The number of benzene rings is 2. The quantitative estimate of drug-likeness (QED) is 0.776. The molecule has 0 bridgehead atoms. The maximum absolute atomic E-state index is 13.5. The fourth-order valence-corrected chi connectivity index (χ4v) is 1.59. The highest BCUT2D eigenvalue weighted by Gasteiger charge is 2.11. The molecule has 0 amide bonds. The SMILES string of the molecule is CC(Oc1ccc(F)cc1)c1ccccc1F. The maximum Gasteiger partial charge on any atom is 0.130 e. The third kappa shape index (κ3) is 2.81. The van der Waals surface area contributed by atoms with Crippen LogP contribution >= 0.6 is 0 Å². The molecule has 2 rings (SSSR count). The van der Waals surface area contributed by atoms with Gasteiger partial charge in [-0.2, -0.15) is 0 Å². The highest BCUT2D eigenvalue weighted by atomic mass is 19.1. The Labute approximate surface area is 98.7 Å². The molecule has 1 atom stereocenters. The van der Waals surface area contributed by atoms with E-state index in [1.54, 1.807) is 25.1 Å². The van der Waals surface area contributed by atoms with Crippen LogP contribution in [0.4, 0.5) is 8.78 Å². The number of hydrogen-bond acceptors (Lipinski definition) is 1. The Hall–Kier alpha value is -1.90. The summed E-state index contributed by atoms with van der Waals surface area (Å²) in [5.74, 6) is -0.111. The summed E-state index contributed by atoms with van der Waals surface area (Å²) >= 11 is 0. The fourth-order valence-electron chi connectivity index (χ4n) is 1.59. The molecule has 3 heteroatoms. The molecule has 0 aliphatic rings. The highest BCUT2D eigenvalue weighted by Crippen LogP contribution is 2.23. The molecular weight excluding hydrogens is 222 g/mol. The van der Waals surface area contributed by atoms with Crippen LogP contribution in [0.25, 0.3) is 0 Å². The molecule has 2 aromatic carbocycles. The van der Waals surface area contributed by atoms with Crippen molar-refractivity contribution in [2.75, 3.05) is 0 Å². The number of halogens is 2. The molecule has 0 N–H and O–H groups in total. The standard InChI is InChI=1S/C14H12F2O/c1-10(13-4-2-3-5-14(13)16)17-12-8-6-11(15)7-9-12/h2-10H,1H3. The predicted molar refractivity (Wildman–Crippen MR) is 61.8 cm³/mol. The van der Waals surface area contributed by atoms with Crippen LogP contribution in [0.3, 0.4) is 0 Å². The lowest BCUT2D eigenvalue weighted by Gasteiger charge is -2.15. The number of hydrogen-bond donors (Lipinski definition) is 0. The molecule has 0 spiro atoms. The molecule has 0 aliphatic heterocycles. The Bertz CT molecular complexity index is 494. The molecular formula is C14H12F2O. The first-order valence-electron chi connectivity index (χ1n) is 5.33. The zero-order valence-electron chi connectivity index (χ0n) is 9.36. The minimum atomic E-state index is -0.415. The Morgan fingerprint density at radius 3 is 2.24 bits per heavy atom. The lowest BCUT2D eigenvalue weighted by molar-refractivity contribution is 0.221. The van der Waals surface area contributed by atoms with Crippen LogP contribution in [0.2, 0.25) is 0 Å². The second-order valence-electron chi connectivity index (χ2n) is 3.74. The van der Waals surface area contributed by atoms with Gasteiger partial charge in [-0.05, 0) is 37.3 Å². The van der Waals surface area contributed by atoms with E-state index in [0.29, 0.717) is 11.3 Å². The van der Waals surface area contributed by atoms with E-state index in [0.717, 1.165) is 0 Å². The summed E-state index contributed by atoms with van der Waals surface area (Å²) in [6, 6.07) is 12.1. The van der Waals surface area contributed by atoms with Gasteiger partial charge >= 0.3 is 0 Å². The number of ether oxygens (including phenoxy) is 1. The first-order chi connectivity index (χ1) is 8.16. The third-order valence-electron chi connectivity index (χ3n) is 2.47. The minimum Gasteiger partial charge on any atom is -0.486 e. The second kappa shape index (κ2) is 4.95. The van der Waals surface area contributed by atoms with Gasteiger partial charge in [-0.15, -0.1) is 0 Å². The van der Waals surface area contributed by atoms with E-state index < -0.39 is 6.10 Å². The molecule has 0 saturated carbocycles. The van der Waals surface area contributed by atoms with Crippen LogP contribution in [0, 0.1) is 11.6 Å². The summed E-state index contributed by atoms with van der Waals surface area (Å²) in [5.41, 5.74) is 0.483. The van der Waals surface area contributed by atoms with Crippen molar-refractivity contribution < 1.29 is 13.5 Å². The first kappa shape index (κ1) is 11.6. The van der Waals surface area contributed by atoms with E-state index in [2.05, 4.69) is 0 Å². The minimum absolute atomic E-state index is 0.304. The van der Waals surface area contributed by atoms with Crippen molar-refractivity contribution in [2.24, 2.45) is 0 Å². The van der Waals surface area contributed by atoms with E-state index in [4.69, 9.17) is 4.74 Å². The van der Waals surface area contributed by atoms with E-state index in [9.17, 15) is 8.78 Å². The van der Waals surface area contributed by atoms with Gasteiger partial charge in [-0.3, -0.25) is 0 Å². The molecule has 0 fully saturated rings. The van der Waals surface area contributed by atoms with Crippen LogP contribution in [0.1, 0.15) is 18.6 Å². The molecule has 0 radical (unpaired) electrons. The van der Waals surface area contributed by atoms with Crippen LogP contribution in [-0.2, 0) is 0 Å². The summed E-state index contributed by atoms with van der Waals surface area (Å²) in [5, 5.41) is 0. The predicted octanol–water partition coefficient (Wildman–Crippen LogP) is 4.10. The lowest BCUT2D eigenvalue weighted by atomic mass is 10.1. The van der Waals surface area contributed by atoms with Crippen molar-refractivity contribution in [2.45, 2.75) is 13.0 Å². The van der Waals surface area contributed by atoms with Crippen molar-refractivity contribution in [1.82, 2.24) is 0 Å². The molecule has 0 saturated heterocycles. The molecule has 88 valence electrons. The Morgan fingerprint density at radius 2 is 1.59 bits per heavy atom. The number of rotatable bonds is 3. The fraction of sp³-hybridized carbons (Fsp3) is 0.143. The molecule has 2 aromatic rings. The maximum atomic E-state index is 13.5. The van der Waals surface area contributed by atoms with Gasteiger partial charge in [0.15, 0.2) is 0 Å². The van der Waals surface area contributed by atoms with E-state index in [-0.39, 0.29) is 11.6 Å². The smallest absolute Gasteiger partial charge is 0.130 e. The van der Waals surface area contributed by atoms with Crippen molar-refractivity contribution in [3.63, 3.8) is 0 Å². The van der Waals surface area contributed by atoms with Crippen molar-refractivity contribution in [3.8, 4) is 5.75 Å².